The number of benzene rings is 3. The highest BCUT2D eigenvalue weighted by Crippen LogP contribution is 2.21. The van der Waals surface area contributed by atoms with Crippen LogP contribution in [0.4, 0.5) is 0 Å². The highest BCUT2D eigenvalue weighted by atomic mass is 32.2. The Morgan fingerprint density at radius 3 is 2.30 bits per heavy atom. The summed E-state index contributed by atoms with van der Waals surface area (Å²) in [5, 5.41) is 0.892. The van der Waals surface area contributed by atoms with Gasteiger partial charge >= 0.3 is 0 Å². The van der Waals surface area contributed by atoms with Crippen molar-refractivity contribution >= 4 is 20.9 Å². The number of fused-ring (bicyclic) bond motifs is 1. The largest absolute Gasteiger partial charge is 0.322 e. The van der Waals surface area contributed by atoms with Crippen molar-refractivity contribution in [2.24, 2.45) is 0 Å². The van der Waals surface area contributed by atoms with E-state index in [2.05, 4.69) is 11.1 Å². The molecular formula is C27H28N2O3S. The number of aromatic amines is 1. The number of aromatic nitrogens is 1. The van der Waals surface area contributed by atoms with Gasteiger partial charge in [-0.3, -0.25) is 4.79 Å². The minimum Gasteiger partial charge on any atom is -0.322 e. The van der Waals surface area contributed by atoms with Gasteiger partial charge in [-0.15, -0.1) is 0 Å². The van der Waals surface area contributed by atoms with E-state index in [1.165, 1.54) is 4.31 Å². The summed E-state index contributed by atoms with van der Waals surface area (Å²) in [7, 11) is -3.78. The van der Waals surface area contributed by atoms with Crippen LogP contribution >= 0.6 is 0 Å². The van der Waals surface area contributed by atoms with Crippen molar-refractivity contribution < 1.29 is 8.42 Å². The summed E-state index contributed by atoms with van der Waals surface area (Å²) < 4.78 is 28.4. The molecule has 5 nitrogen and oxygen atoms in total. The van der Waals surface area contributed by atoms with Crippen LogP contribution in [0.3, 0.4) is 0 Å². The molecule has 0 radical (unpaired) electrons. The molecule has 170 valence electrons. The standard InChI is InChI=1S/C27H28N2O3S/c1-19-8-7-9-22(14-19)12-13-29(33(31,32)25-10-5-4-6-11-25)18-24-17-23-15-20(2)21(3)16-26(23)28-27(24)30/h4-11,14-17H,12-13,18H2,1-3H3,(H,28,30). The van der Waals surface area contributed by atoms with Crippen LogP contribution in [0.1, 0.15) is 27.8 Å². The number of rotatable bonds is 7. The number of sulfonamides is 1. The van der Waals surface area contributed by atoms with Gasteiger partial charge in [0.2, 0.25) is 10.0 Å². The normalized spacial score (nSPS) is 11.9. The molecule has 0 saturated carbocycles. The fourth-order valence-electron chi connectivity index (χ4n) is 3.98. The summed E-state index contributed by atoms with van der Waals surface area (Å²) in [6.07, 6.45) is 0.553. The number of aryl methyl sites for hydroxylation is 3. The van der Waals surface area contributed by atoms with Gasteiger partial charge in [0.1, 0.15) is 0 Å². The van der Waals surface area contributed by atoms with Crippen molar-refractivity contribution in [2.75, 3.05) is 6.54 Å². The van der Waals surface area contributed by atoms with Crippen LogP contribution in [0.15, 0.2) is 82.5 Å². The van der Waals surface area contributed by atoms with Crippen LogP contribution in [0.25, 0.3) is 10.9 Å². The van der Waals surface area contributed by atoms with E-state index in [4.69, 9.17) is 0 Å². The second-order valence-electron chi connectivity index (χ2n) is 8.54. The molecule has 0 bridgehead atoms. The van der Waals surface area contributed by atoms with Gasteiger partial charge in [0.25, 0.3) is 5.56 Å². The van der Waals surface area contributed by atoms with Gasteiger partial charge in [-0.2, -0.15) is 4.31 Å². The molecule has 0 aliphatic heterocycles. The van der Waals surface area contributed by atoms with E-state index in [0.29, 0.717) is 12.0 Å². The molecule has 6 heteroatoms. The van der Waals surface area contributed by atoms with E-state index in [9.17, 15) is 13.2 Å². The molecule has 4 rings (SSSR count). The molecule has 1 aromatic heterocycles. The SMILES string of the molecule is Cc1cccc(CCN(Cc2cc3cc(C)c(C)cc3[nH]c2=O)S(=O)(=O)c2ccccc2)c1. The fraction of sp³-hybridized carbons (Fsp3) is 0.222. The zero-order chi connectivity index (χ0) is 23.6. The smallest absolute Gasteiger partial charge is 0.252 e. The van der Waals surface area contributed by atoms with E-state index < -0.39 is 10.0 Å². The second kappa shape index (κ2) is 9.33. The Kier molecular flexibility index (Phi) is 6.49. The Balaban J connectivity index is 1.72. The third-order valence-electron chi connectivity index (χ3n) is 6.00. The van der Waals surface area contributed by atoms with Gasteiger partial charge in [0.05, 0.1) is 4.90 Å². The van der Waals surface area contributed by atoms with Crippen molar-refractivity contribution in [3.8, 4) is 0 Å². The Bertz CT molecular complexity index is 1460. The maximum atomic E-state index is 13.5. The molecule has 1 heterocycles. The third kappa shape index (κ3) is 5.07. The number of H-pyrrole nitrogens is 1. The quantitative estimate of drug-likeness (QED) is 0.427. The lowest BCUT2D eigenvalue weighted by Gasteiger charge is -2.22. The molecule has 0 aliphatic carbocycles. The number of pyridine rings is 1. The monoisotopic (exact) mass is 460 g/mol. The lowest BCUT2D eigenvalue weighted by molar-refractivity contribution is 0.408. The Morgan fingerprint density at radius 1 is 0.848 bits per heavy atom. The van der Waals surface area contributed by atoms with Crippen molar-refractivity contribution in [3.63, 3.8) is 0 Å². The number of nitrogens with one attached hydrogen (secondary N) is 1. The Morgan fingerprint density at radius 2 is 1.58 bits per heavy atom. The van der Waals surface area contributed by atoms with Gasteiger partial charge in [0.15, 0.2) is 0 Å². The van der Waals surface area contributed by atoms with Gasteiger partial charge in [-0.1, -0.05) is 48.0 Å². The Labute approximate surface area is 194 Å². The van der Waals surface area contributed by atoms with Crippen molar-refractivity contribution in [2.45, 2.75) is 38.6 Å². The summed E-state index contributed by atoms with van der Waals surface area (Å²) in [6, 6.07) is 22.2. The first-order valence-electron chi connectivity index (χ1n) is 11.0. The van der Waals surface area contributed by atoms with Crippen LogP contribution in [-0.2, 0) is 23.0 Å². The van der Waals surface area contributed by atoms with E-state index in [0.717, 1.165) is 33.2 Å². The average molecular weight is 461 g/mol. The predicted molar refractivity (Wildman–Crippen MR) is 133 cm³/mol. The van der Waals surface area contributed by atoms with Gasteiger partial charge in [0, 0.05) is 24.2 Å². The molecule has 0 unspecified atom stereocenters. The van der Waals surface area contributed by atoms with Crippen LogP contribution in [0, 0.1) is 20.8 Å². The topological polar surface area (TPSA) is 70.2 Å². The van der Waals surface area contributed by atoms with Crippen LogP contribution in [0.5, 0.6) is 0 Å². The van der Waals surface area contributed by atoms with E-state index in [1.807, 2.05) is 51.1 Å². The van der Waals surface area contributed by atoms with Crippen LogP contribution in [-0.4, -0.2) is 24.3 Å². The molecule has 0 aliphatic rings. The zero-order valence-corrected chi connectivity index (χ0v) is 19.9. The molecule has 0 fully saturated rings. The molecule has 4 aromatic rings. The highest BCUT2D eigenvalue weighted by Gasteiger charge is 2.25. The maximum absolute atomic E-state index is 13.5. The minimum atomic E-state index is -3.78. The first-order valence-corrected chi connectivity index (χ1v) is 12.4. The predicted octanol–water partition coefficient (Wildman–Crippen LogP) is 4.89. The van der Waals surface area contributed by atoms with Gasteiger partial charge < -0.3 is 4.98 Å². The van der Waals surface area contributed by atoms with Gasteiger partial charge in [-0.05, 0) is 79.6 Å². The minimum absolute atomic E-state index is 0.00123. The van der Waals surface area contributed by atoms with Crippen molar-refractivity contribution in [3.05, 3.63) is 111 Å². The number of hydrogen-bond acceptors (Lipinski definition) is 3. The van der Waals surface area contributed by atoms with E-state index in [-0.39, 0.29) is 23.5 Å². The van der Waals surface area contributed by atoms with Gasteiger partial charge in [-0.25, -0.2) is 8.42 Å². The van der Waals surface area contributed by atoms with Crippen LogP contribution in [0.2, 0.25) is 0 Å². The third-order valence-corrected chi connectivity index (χ3v) is 7.85. The number of nitrogens with zero attached hydrogens (tertiary/aromatic N) is 1. The Hall–Kier alpha value is -3.22. The lowest BCUT2D eigenvalue weighted by Crippen LogP contribution is -2.34. The van der Waals surface area contributed by atoms with Crippen molar-refractivity contribution in [1.82, 2.24) is 9.29 Å². The lowest BCUT2D eigenvalue weighted by atomic mass is 10.0. The first-order chi connectivity index (χ1) is 15.7. The molecule has 0 saturated heterocycles. The zero-order valence-electron chi connectivity index (χ0n) is 19.1. The fourth-order valence-corrected chi connectivity index (χ4v) is 5.42. The summed E-state index contributed by atoms with van der Waals surface area (Å²) in [5.41, 5.74) is 5.31. The summed E-state index contributed by atoms with van der Waals surface area (Å²) in [4.78, 5) is 16.0. The second-order valence-corrected chi connectivity index (χ2v) is 10.5. The molecule has 0 atom stereocenters. The van der Waals surface area contributed by atoms with Crippen molar-refractivity contribution in [1.29, 1.82) is 0 Å². The maximum Gasteiger partial charge on any atom is 0.252 e. The van der Waals surface area contributed by atoms with Crippen LogP contribution < -0.4 is 5.56 Å². The molecule has 3 aromatic carbocycles. The summed E-state index contributed by atoms with van der Waals surface area (Å²) >= 11 is 0. The molecule has 33 heavy (non-hydrogen) atoms. The summed E-state index contributed by atoms with van der Waals surface area (Å²) in [5.74, 6) is 0. The van der Waals surface area contributed by atoms with E-state index in [1.54, 1.807) is 36.4 Å². The molecular weight excluding hydrogens is 432 g/mol. The average Bonchev–Trinajstić information content (AvgIpc) is 2.79. The summed E-state index contributed by atoms with van der Waals surface area (Å²) in [6.45, 7) is 6.31. The number of hydrogen-bond donors (Lipinski definition) is 1. The molecule has 0 spiro atoms. The van der Waals surface area contributed by atoms with E-state index >= 15 is 0 Å². The highest BCUT2D eigenvalue weighted by molar-refractivity contribution is 7.89. The first kappa shape index (κ1) is 23.0. The molecule has 0 amide bonds. The molecule has 1 N–H and O–H groups in total.